The van der Waals surface area contributed by atoms with Crippen molar-refractivity contribution in [1.29, 1.82) is 0 Å². The van der Waals surface area contributed by atoms with E-state index in [1.807, 2.05) is 42.5 Å². The molecule has 24 heteroatoms. The molecule has 11 N–H and O–H groups in total. The van der Waals surface area contributed by atoms with Gasteiger partial charge in [0.15, 0.2) is 0 Å². The first-order valence-electron chi connectivity index (χ1n) is 29.0. The van der Waals surface area contributed by atoms with Crippen LogP contribution in [0.4, 0.5) is 0 Å². The zero-order chi connectivity index (χ0) is 61.7. The Hall–Kier alpha value is -7.31. The standard InChI is InChI=1S/C62H84N10O11SSi.ClH/c1-40(2)32-49(57(77)68-50(34-52(63)73)58(78)70-51(60(80)81)33-43-20-12-8-13-21-43)69-59(79)55(42(4)82-36-44-22-14-9-15-23-44)71-56(76)41(3)65-53(74)35-64-54(75)39-84-38-46-29-31-72-30-28-45(66-61(72)67-46)37-83-85(62(5,6)7,47-24-16-10-17-25-47)48-26-18-11-19-27-48;/h8-27,40-42,45-46,49-51,55H,28-39H2,1-7H3,(H10,63,64,65,66,67,68,69,70,71,73,74,75,76,77,78,79,80,81);1H/t41-,42+,45+,46-,49-,50-,51-,55-;/m0./s1. The molecule has 0 unspecified atom stereocenters. The van der Waals surface area contributed by atoms with Crippen LogP contribution in [0.2, 0.25) is 5.04 Å². The molecule has 2 heterocycles. The number of benzene rings is 4. The molecule has 2 aliphatic heterocycles. The van der Waals surface area contributed by atoms with Crippen molar-refractivity contribution in [3.63, 3.8) is 0 Å². The first-order valence-corrected chi connectivity index (χ1v) is 32.0. The van der Waals surface area contributed by atoms with E-state index in [1.165, 1.54) is 29.1 Å². The number of aliphatic carboxylic acids is 1. The van der Waals surface area contributed by atoms with Crippen molar-refractivity contribution in [2.75, 3.05) is 37.7 Å². The highest BCUT2D eigenvalue weighted by Crippen LogP contribution is 2.37. The average Bonchev–Trinajstić information content (AvgIpc) is 0.915. The molecule has 0 spiro atoms. The van der Waals surface area contributed by atoms with E-state index < -0.39 is 99.0 Å². The van der Waals surface area contributed by atoms with E-state index in [0.29, 0.717) is 17.9 Å². The molecular formula is C62H85ClN10O11SSi. The first kappa shape index (κ1) is 69.5. The molecule has 4 aromatic rings. The van der Waals surface area contributed by atoms with E-state index in [0.717, 1.165) is 37.5 Å². The zero-order valence-corrected chi connectivity index (χ0v) is 52.6. The summed E-state index contributed by atoms with van der Waals surface area (Å²) in [6, 6.07) is 32.0. The number of carbonyl (C=O) groups excluding carboxylic acids is 7. The minimum Gasteiger partial charge on any atom is -1.00 e. The summed E-state index contributed by atoms with van der Waals surface area (Å²) < 4.78 is 15.7. The molecule has 8 atom stereocenters. The van der Waals surface area contributed by atoms with Crippen LogP contribution >= 0.6 is 11.8 Å². The van der Waals surface area contributed by atoms with Gasteiger partial charge in [-0.1, -0.05) is 156 Å². The summed E-state index contributed by atoms with van der Waals surface area (Å²) >= 11 is 1.44. The van der Waals surface area contributed by atoms with Gasteiger partial charge in [-0.05, 0) is 52.7 Å². The predicted molar refractivity (Wildman–Crippen MR) is 329 cm³/mol. The summed E-state index contributed by atoms with van der Waals surface area (Å²) in [5.41, 5.74) is 6.85. The number of primary amides is 1. The normalized spacial score (nSPS) is 17.0. The molecule has 0 aromatic heterocycles. The van der Waals surface area contributed by atoms with Crippen LogP contribution in [0.15, 0.2) is 121 Å². The number of nitrogens with one attached hydrogen (secondary N) is 8. The molecule has 21 nitrogen and oxygen atoms in total. The Morgan fingerprint density at radius 1 is 0.674 bits per heavy atom. The molecule has 6 rings (SSSR count). The fraction of sp³-hybridized carbons (Fsp3) is 0.468. The molecule has 0 aliphatic carbocycles. The molecule has 86 heavy (non-hydrogen) atoms. The van der Waals surface area contributed by atoms with E-state index in [1.54, 1.807) is 51.1 Å². The molecule has 466 valence electrons. The Balaban J connectivity index is 0.0000135. The van der Waals surface area contributed by atoms with Gasteiger partial charge in [0.05, 0.1) is 63.2 Å². The lowest BCUT2D eigenvalue weighted by Crippen LogP contribution is -3.00. The number of hydrogen-bond acceptors (Lipinski definition) is 13. The van der Waals surface area contributed by atoms with Gasteiger partial charge in [-0.3, -0.25) is 48.8 Å². The molecular weight excluding hydrogens is 1160 g/mol. The Morgan fingerprint density at radius 3 is 1.76 bits per heavy atom. The van der Waals surface area contributed by atoms with Crippen LogP contribution in [0.5, 0.6) is 0 Å². The third kappa shape index (κ3) is 20.7. The number of ether oxygens (including phenoxy) is 1. The lowest BCUT2D eigenvalue weighted by molar-refractivity contribution is -0.542. The van der Waals surface area contributed by atoms with Crippen LogP contribution in [-0.2, 0) is 60.5 Å². The van der Waals surface area contributed by atoms with Crippen LogP contribution in [0.25, 0.3) is 0 Å². The maximum Gasteiger partial charge on any atom is 0.346 e. The monoisotopic (exact) mass is 1240 g/mol. The lowest BCUT2D eigenvalue weighted by atomic mass is 10.0. The fourth-order valence-electron chi connectivity index (χ4n) is 10.4. The fourth-order valence-corrected chi connectivity index (χ4v) is 15.9. The summed E-state index contributed by atoms with van der Waals surface area (Å²) in [4.78, 5) is 106. The molecule has 0 fully saturated rings. The smallest absolute Gasteiger partial charge is 0.346 e. The van der Waals surface area contributed by atoms with Gasteiger partial charge < -0.3 is 64.3 Å². The van der Waals surface area contributed by atoms with E-state index >= 15 is 0 Å². The molecule has 0 saturated heterocycles. The third-order valence-corrected chi connectivity index (χ3v) is 21.0. The molecule has 4 aromatic carbocycles. The molecule has 2 aliphatic rings. The van der Waals surface area contributed by atoms with Crippen LogP contribution in [-0.4, -0.2) is 157 Å². The van der Waals surface area contributed by atoms with Gasteiger partial charge in [-0.25, -0.2) is 4.79 Å². The molecule has 0 radical (unpaired) electrons. The van der Waals surface area contributed by atoms with Crippen molar-refractivity contribution in [2.24, 2.45) is 11.7 Å². The van der Waals surface area contributed by atoms with Gasteiger partial charge >= 0.3 is 11.9 Å². The van der Waals surface area contributed by atoms with Crippen molar-refractivity contribution in [1.82, 2.24) is 42.5 Å². The Labute approximate surface area is 515 Å². The summed E-state index contributed by atoms with van der Waals surface area (Å²) in [5.74, 6) is -5.36. The van der Waals surface area contributed by atoms with E-state index in [9.17, 15) is 43.5 Å². The number of hydrogen-bond donors (Lipinski definition) is 10. The number of amides is 7. The van der Waals surface area contributed by atoms with Crippen molar-refractivity contribution in [3.05, 3.63) is 132 Å². The number of carbonyl (C=O) groups is 8. The van der Waals surface area contributed by atoms with Crippen LogP contribution < -0.4 is 71.0 Å². The average molecular weight is 1240 g/mol. The zero-order valence-electron chi connectivity index (χ0n) is 50.1. The van der Waals surface area contributed by atoms with Crippen molar-refractivity contribution < 1.29 is 69.6 Å². The van der Waals surface area contributed by atoms with Crippen LogP contribution in [0.1, 0.15) is 85.3 Å². The van der Waals surface area contributed by atoms with Gasteiger partial charge in [0.2, 0.25) is 41.4 Å². The first-order chi connectivity index (χ1) is 40.5. The topological polar surface area (TPSA) is 301 Å². The summed E-state index contributed by atoms with van der Waals surface area (Å²) in [7, 11) is -2.73. The minimum atomic E-state index is -2.73. The summed E-state index contributed by atoms with van der Waals surface area (Å²) in [5, 5.41) is 35.0. The lowest BCUT2D eigenvalue weighted by Gasteiger charge is -2.44. The third-order valence-electron chi connectivity index (χ3n) is 14.9. The van der Waals surface area contributed by atoms with Gasteiger partial charge in [-0.2, -0.15) is 0 Å². The number of guanidine groups is 1. The number of rotatable bonds is 31. The number of nitrogens with two attached hydrogens (primary N) is 1. The molecule has 0 saturated carbocycles. The number of carboxylic acids is 1. The van der Waals surface area contributed by atoms with Gasteiger partial charge in [0.1, 0.15) is 30.2 Å². The van der Waals surface area contributed by atoms with Crippen molar-refractivity contribution in [2.45, 2.75) is 141 Å². The Bertz CT molecular complexity index is 2890. The van der Waals surface area contributed by atoms with Gasteiger partial charge in [-0.15, -0.1) is 11.8 Å². The Morgan fingerprint density at radius 2 is 1.20 bits per heavy atom. The van der Waals surface area contributed by atoms with E-state index in [2.05, 4.69) is 116 Å². The number of nitrogens with zero attached hydrogens (tertiary/aromatic N) is 1. The molecule has 7 amide bonds. The van der Waals surface area contributed by atoms with Crippen LogP contribution in [0, 0.1) is 5.92 Å². The molecule has 0 bridgehead atoms. The summed E-state index contributed by atoms with van der Waals surface area (Å²) in [6.45, 7) is 15.3. The highest BCUT2D eigenvalue weighted by molar-refractivity contribution is 8.00. The second-order valence-electron chi connectivity index (χ2n) is 23.2. The summed E-state index contributed by atoms with van der Waals surface area (Å²) in [6.07, 6.45) is 0.0344. The second-order valence-corrected chi connectivity index (χ2v) is 28.5. The maximum absolute atomic E-state index is 14.3. The van der Waals surface area contributed by atoms with Crippen molar-refractivity contribution >= 4 is 83.7 Å². The second kappa shape index (κ2) is 33.6. The minimum absolute atomic E-state index is 0. The predicted octanol–water partition coefficient (Wildman–Crippen LogP) is -1.19. The SMILES string of the molecule is CC(C)C[C@H](NC(=O)[C@@H](NC(=O)[C@H](C)NC(=O)CNC(=O)CSC[C@@H]1CC[N+]2=C(N[C@@H](CO[Si](c3ccccc3)(c3ccccc3)C(C)(C)C)CC2)N1)[C@@H](C)OCc1ccccc1)C(=O)N[C@@H](CC(N)=O)C(=O)N[C@@H](Cc1ccccc1)C(=O)O.[Cl-]. The van der Waals surface area contributed by atoms with Crippen LogP contribution in [0.3, 0.4) is 0 Å². The largest absolute Gasteiger partial charge is 1.00 e. The maximum atomic E-state index is 14.3. The van der Waals surface area contributed by atoms with E-state index in [-0.39, 0.29) is 66.6 Å². The van der Waals surface area contributed by atoms with Gasteiger partial charge in [0, 0.05) is 25.0 Å². The number of halogens is 1. The van der Waals surface area contributed by atoms with E-state index in [4.69, 9.17) is 14.9 Å². The number of carboxylic acid groups (broad SMARTS) is 1. The highest BCUT2D eigenvalue weighted by atomic mass is 35.5. The number of thioether (sulfide) groups is 1. The Kier molecular flexibility index (Phi) is 27.1. The van der Waals surface area contributed by atoms with Gasteiger partial charge in [0.25, 0.3) is 8.32 Å². The quantitative estimate of drug-likeness (QED) is 0.0210. The highest BCUT2D eigenvalue weighted by Gasteiger charge is 2.51. The van der Waals surface area contributed by atoms with Crippen molar-refractivity contribution in [3.8, 4) is 0 Å².